The zero-order valence-corrected chi connectivity index (χ0v) is 9.62. The fourth-order valence-electron chi connectivity index (χ4n) is 1.48. The first-order valence-electron chi connectivity index (χ1n) is 5.26. The van der Waals surface area contributed by atoms with Gasteiger partial charge in [0, 0.05) is 25.4 Å². The molecular weight excluding hydrogens is 206 g/mol. The van der Waals surface area contributed by atoms with Crippen molar-refractivity contribution in [1.82, 2.24) is 4.57 Å². The standard InChI is InChI=1S/C11H17N3O2/c1-3-4-11(16)13-8-5-9(6-10(12)15)14(2)7-8/h5,7H,3-4,6H2,1-2H3,(H2,12,15)(H,13,16). The lowest BCUT2D eigenvalue weighted by Gasteiger charge is -1.99. The first kappa shape index (κ1) is 12.3. The number of anilines is 1. The fourth-order valence-corrected chi connectivity index (χ4v) is 1.48. The van der Waals surface area contributed by atoms with Crippen LogP contribution in [0.2, 0.25) is 0 Å². The average Bonchev–Trinajstić information content (AvgIpc) is 2.45. The molecule has 1 aromatic heterocycles. The van der Waals surface area contributed by atoms with Crippen molar-refractivity contribution in [2.75, 3.05) is 5.32 Å². The van der Waals surface area contributed by atoms with E-state index in [0.29, 0.717) is 12.1 Å². The Hall–Kier alpha value is -1.78. The highest BCUT2D eigenvalue weighted by molar-refractivity contribution is 5.90. The minimum Gasteiger partial charge on any atom is -0.369 e. The zero-order valence-electron chi connectivity index (χ0n) is 9.62. The second-order valence-electron chi connectivity index (χ2n) is 3.77. The van der Waals surface area contributed by atoms with E-state index in [9.17, 15) is 9.59 Å². The van der Waals surface area contributed by atoms with E-state index in [4.69, 9.17) is 5.73 Å². The maximum atomic E-state index is 11.3. The number of carbonyl (C=O) groups is 2. The summed E-state index contributed by atoms with van der Waals surface area (Å²) in [4.78, 5) is 22.1. The van der Waals surface area contributed by atoms with E-state index in [2.05, 4.69) is 5.32 Å². The van der Waals surface area contributed by atoms with Crippen molar-refractivity contribution in [3.8, 4) is 0 Å². The molecule has 0 aliphatic carbocycles. The third-order valence-corrected chi connectivity index (χ3v) is 2.22. The molecule has 2 amide bonds. The lowest BCUT2D eigenvalue weighted by atomic mass is 10.3. The van der Waals surface area contributed by atoms with Crippen molar-refractivity contribution in [2.45, 2.75) is 26.2 Å². The summed E-state index contributed by atoms with van der Waals surface area (Å²) in [6.07, 6.45) is 3.26. The first-order valence-corrected chi connectivity index (χ1v) is 5.26. The first-order chi connectivity index (χ1) is 7.52. The molecule has 0 fully saturated rings. The Labute approximate surface area is 94.6 Å². The van der Waals surface area contributed by atoms with Gasteiger partial charge in [0.05, 0.1) is 12.1 Å². The predicted octanol–water partition coefficient (Wildman–Crippen LogP) is 0.791. The Balaban J connectivity index is 2.69. The summed E-state index contributed by atoms with van der Waals surface area (Å²) in [5.41, 5.74) is 6.61. The quantitative estimate of drug-likeness (QED) is 0.774. The van der Waals surface area contributed by atoms with E-state index in [1.54, 1.807) is 16.8 Å². The molecule has 1 rings (SSSR count). The summed E-state index contributed by atoms with van der Waals surface area (Å²) >= 11 is 0. The van der Waals surface area contributed by atoms with Gasteiger partial charge >= 0.3 is 0 Å². The molecule has 0 aromatic carbocycles. The number of amides is 2. The summed E-state index contributed by atoms with van der Waals surface area (Å²) in [6, 6.07) is 1.76. The van der Waals surface area contributed by atoms with Gasteiger partial charge in [-0.15, -0.1) is 0 Å². The number of aromatic nitrogens is 1. The number of nitrogens with one attached hydrogen (secondary N) is 1. The molecular formula is C11H17N3O2. The van der Waals surface area contributed by atoms with Gasteiger partial charge in [-0.3, -0.25) is 9.59 Å². The maximum Gasteiger partial charge on any atom is 0.224 e. The van der Waals surface area contributed by atoms with Crippen LogP contribution >= 0.6 is 0 Å². The molecule has 0 spiro atoms. The molecule has 88 valence electrons. The lowest BCUT2D eigenvalue weighted by Crippen LogP contribution is -2.15. The van der Waals surface area contributed by atoms with Crippen molar-refractivity contribution in [3.63, 3.8) is 0 Å². The normalized spacial score (nSPS) is 10.1. The zero-order chi connectivity index (χ0) is 12.1. The SMILES string of the molecule is CCCC(=O)Nc1cc(CC(N)=O)n(C)c1. The number of nitrogens with zero attached hydrogens (tertiary/aromatic N) is 1. The smallest absolute Gasteiger partial charge is 0.224 e. The summed E-state index contributed by atoms with van der Waals surface area (Å²) < 4.78 is 1.78. The van der Waals surface area contributed by atoms with Gasteiger partial charge < -0.3 is 15.6 Å². The summed E-state index contributed by atoms with van der Waals surface area (Å²) in [7, 11) is 1.81. The molecule has 0 saturated carbocycles. The Morgan fingerprint density at radius 2 is 2.19 bits per heavy atom. The van der Waals surface area contributed by atoms with Gasteiger partial charge in [0.1, 0.15) is 0 Å². The molecule has 0 aliphatic heterocycles. The third-order valence-electron chi connectivity index (χ3n) is 2.22. The topological polar surface area (TPSA) is 77.1 Å². The van der Waals surface area contributed by atoms with Crippen LogP contribution in [0, 0.1) is 0 Å². The summed E-state index contributed by atoms with van der Waals surface area (Å²) in [5, 5.41) is 2.77. The van der Waals surface area contributed by atoms with E-state index in [0.717, 1.165) is 12.1 Å². The van der Waals surface area contributed by atoms with Gasteiger partial charge in [-0.25, -0.2) is 0 Å². The molecule has 3 N–H and O–H groups in total. The highest BCUT2D eigenvalue weighted by Gasteiger charge is 2.07. The van der Waals surface area contributed by atoms with E-state index in [1.807, 2.05) is 14.0 Å². The van der Waals surface area contributed by atoms with E-state index in [-0.39, 0.29) is 18.2 Å². The number of carbonyl (C=O) groups excluding carboxylic acids is 2. The van der Waals surface area contributed by atoms with E-state index in [1.165, 1.54) is 0 Å². The van der Waals surface area contributed by atoms with Crippen molar-refractivity contribution in [1.29, 1.82) is 0 Å². The summed E-state index contributed by atoms with van der Waals surface area (Å²) in [5.74, 6) is -0.397. The van der Waals surface area contributed by atoms with Gasteiger partial charge in [0.15, 0.2) is 0 Å². The molecule has 5 nitrogen and oxygen atoms in total. The van der Waals surface area contributed by atoms with Gasteiger partial charge in [0.25, 0.3) is 0 Å². The monoisotopic (exact) mass is 223 g/mol. The minimum atomic E-state index is -0.382. The van der Waals surface area contributed by atoms with Crippen molar-refractivity contribution in [2.24, 2.45) is 12.8 Å². The number of primary amides is 1. The van der Waals surface area contributed by atoms with Gasteiger partial charge in [-0.2, -0.15) is 0 Å². The van der Waals surface area contributed by atoms with Gasteiger partial charge in [-0.05, 0) is 12.5 Å². The minimum absolute atomic E-state index is 0.0151. The van der Waals surface area contributed by atoms with E-state index >= 15 is 0 Å². The Morgan fingerprint density at radius 1 is 1.50 bits per heavy atom. The third kappa shape index (κ3) is 3.42. The van der Waals surface area contributed by atoms with Gasteiger partial charge in [0.2, 0.25) is 11.8 Å². The largest absolute Gasteiger partial charge is 0.369 e. The predicted molar refractivity (Wildman–Crippen MR) is 61.8 cm³/mol. The second-order valence-corrected chi connectivity index (χ2v) is 3.77. The highest BCUT2D eigenvalue weighted by Crippen LogP contribution is 2.13. The Bertz CT molecular complexity index is 396. The average molecular weight is 223 g/mol. The summed E-state index contributed by atoms with van der Waals surface area (Å²) in [6.45, 7) is 1.95. The molecule has 0 saturated heterocycles. The van der Waals surface area contributed by atoms with Crippen LogP contribution in [0.4, 0.5) is 5.69 Å². The van der Waals surface area contributed by atoms with Crippen LogP contribution in [0.1, 0.15) is 25.5 Å². The number of rotatable bonds is 5. The second kappa shape index (κ2) is 5.34. The molecule has 0 atom stereocenters. The number of nitrogens with two attached hydrogens (primary N) is 1. The van der Waals surface area contributed by atoms with Crippen LogP contribution in [-0.4, -0.2) is 16.4 Å². The van der Waals surface area contributed by atoms with Crippen LogP contribution in [-0.2, 0) is 23.1 Å². The van der Waals surface area contributed by atoms with Crippen LogP contribution in [0.5, 0.6) is 0 Å². The molecule has 0 bridgehead atoms. The number of hydrogen-bond donors (Lipinski definition) is 2. The Kier molecular flexibility index (Phi) is 4.10. The van der Waals surface area contributed by atoms with Gasteiger partial charge in [-0.1, -0.05) is 6.92 Å². The molecule has 5 heteroatoms. The molecule has 0 aliphatic rings. The molecule has 0 unspecified atom stereocenters. The maximum absolute atomic E-state index is 11.3. The van der Waals surface area contributed by atoms with Crippen LogP contribution in [0.25, 0.3) is 0 Å². The molecule has 16 heavy (non-hydrogen) atoms. The molecule has 0 radical (unpaired) electrons. The number of hydrogen-bond acceptors (Lipinski definition) is 2. The van der Waals surface area contributed by atoms with Crippen molar-refractivity contribution >= 4 is 17.5 Å². The van der Waals surface area contributed by atoms with Crippen molar-refractivity contribution in [3.05, 3.63) is 18.0 Å². The van der Waals surface area contributed by atoms with E-state index < -0.39 is 0 Å². The molecule has 1 aromatic rings. The van der Waals surface area contributed by atoms with Crippen LogP contribution in [0.15, 0.2) is 12.3 Å². The van der Waals surface area contributed by atoms with Crippen molar-refractivity contribution < 1.29 is 9.59 Å². The molecule has 1 heterocycles. The lowest BCUT2D eigenvalue weighted by molar-refractivity contribution is -0.117. The highest BCUT2D eigenvalue weighted by atomic mass is 16.1. The van der Waals surface area contributed by atoms with Crippen LogP contribution < -0.4 is 11.1 Å². The van der Waals surface area contributed by atoms with Crippen LogP contribution in [0.3, 0.4) is 0 Å². The number of aryl methyl sites for hydroxylation is 1. The Morgan fingerprint density at radius 3 is 2.75 bits per heavy atom. The fraction of sp³-hybridized carbons (Fsp3) is 0.455.